The van der Waals surface area contributed by atoms with Gasteiger partial charge in [0.05, 0.1) is 25.7 Å². The molecule has 0 aliphatic rings. The molecule has 0 heterocycles. The first-order valence-corrected chi connectivity index (χ1v) is 54.9. The van der Waals surface area contributed by atoms with E-state index in [0.29, 0.717) is 37.0 Å². The Kier molecular flexibility index (Phi) is 71.7. The number of benzene rings is 1. The summed E-state index contributed by atoms with van der Waals surface area (Å²) in [6.07, 6.45) is 14.9. The Morgan fingerprint density at radius 2 is 0.687 bits per heavy atom. The molecule has 0 aromatic heterocycles. The lowest BCUT2D eigenvalue weighted by Gasteiger charge is -2.29. The third-order valence-corrected chi connectivity index (χ3v) is 25.4. The second-order valence-electron chi connectivity index (χ2n) is 38.3. The molecule has 0 aliphatic carbocycles. The van der Waals surface area contributed by atoms with Crippen LogP contribution in [0, 0.1) is 22.7 Å². The van der Waals surface area contributed by atoms with Crippen molar-refractivity contribution in [3.8, 4) is 5.75 Å². The van der Waals surface area contributed by atoms with E-state index in [9.17, 15) is 112 Å². The average Bonchev–Trinajstić information content (AvgIpc) is 0.868. The third-order valence-electron chi connectivity index (χ3n) is 24.1. The molecule has 0 radical (unpaired) electrons. The van der Waals surface area contributed by atoms with Crippen molar-refractivity contribution in [2.75, 3.05) is 69.9 Å². The highest BCUT2D eigenvalue weighted by Crippen LogP contribution is 2.20. The zero-order chi connectivity index (χ0) is 113. The molecular weight excluding hydrogens is 1990 g/mol. The number of aliphatic hydroxyl groups is 2. The molecule has 852 valence electrons. The number of carboxylic acids is 1. The minimum absolute atomic E-state index is 0.0272. The molecule has 0 saturated carbocycles. The van der Waals surface area contributed by atoms with Crippen molar-refractivity contribution in [3.63, 3.8) is 0 Å². The second kappa shape index (κ2) is 79.1. The number of nitrogens with one attached hydrogen (secondary N) is 20. The largest absolute Gasteiger partial charge is 0.508 e. The molecule has 0 unspecified atom stereocenters. The number of thioether (sulfide) groups is 2. The number of carboxylic acid groups (broad SMARTS) is 1. The number of rotatable bonds is 85. The maximum atomic E-state index is 14.9. The molecule has 18 amide bonds. The average molecular weight is 2160 g/mol. The summed E-state index contributed by atoms with van der Waals surface area (Å²) < 4.78 is 0. The van der Waals surface area contributed by atoms with Crippen molar-refractivity contribution >= 4 is 148 Å². The SMILES string of the molecule is CCCCCCCCCCCCCCCC(=O)N[C@@H](CCSC)C(=O)NCC(=O)N[C@@H](Cc1ccc(O)cc1)C(=O)N[C@@H](CCC(N)=O)C(=O)N[C@H](CCCCN)C(=O)N[C@@H](CCCCN)C(=O)N[C@@H](CC(C)C)C(=O)N[C@@H](CCCNC(=N)N)C(=O)N[C@@H](CO)C(=O)N[C@@H](CCSC)C(=O)N[C@H](C(=O)N[C@@H](CC(=O)O)C(=O)N[C@@H](CCCCN)C(=O)N[C@@H](C)C(=O)N[C@@H](CCCNC(=N)N)C(=O)N[C@@H](CC(C)C)C(N)=O)[C@@H](C)O. The van der Waals surface area contributed by atoms with E-state index >= 15 is 0 Å². The Bertz CT molecular complexity index is 4360. The van der Waals surface area contributed by atoms with Crippen molar-refractivity contribution in [1.29, 1.82) is 10.8 Å². The van der Waals surface area contributed by atoms with Gasteiger partial charge in [0.15, 0.2) is 11.9 Å². The Labute approximate surface area is 888 Å². The lowest BCUT2D eigenvalue weighted by Crippen LogP contribution is -2.62. The van der Waals surface area contributed by atoms with Crippen molar-refractivity contribution in [1.82, 2.24) is 95.7 Å². The summed E-state index contributed by atoms with van der Waals surface area (Å²) in [4.78, 5) is 265. The van der Waals surface area contributed by atoms with E-state index in [1.807, 2.05) is 6.26 Å². The molecule has 0 bridgehead atoms. The molecular formula is C98H175N27O23S2. The summed E-state index contributed by atoms with van der Waals surface area (Å²) in [5, 5.41) is 103. The number of hydrogen-bond acceptors (Lipinski definition) is 29. The van der Waals surface area contributed by atoms with Gasteiger partial charge in [0.1, 0.15) is 96.4 Å². The van der Waals surface area contributed by atoms with Gasteiger partial charge in [-0.1, -0.05) is 124 Å². The quantitative estimate of drug-likeness (QED) is 0.0175. The van der Waals surface area contributed by atoms with E-state index in [1.54, 1.807) is 34.0 Å². The fraction of sp³-hybridized carbons (Fsp3) is 0.724. The van der Waals surface area contributed by atoms with Crippen LogP contribution < -0.4 is 136 Å². The predicted molar refractivity (Wildman–Crippen MR) is 570 cm³/mol. The minimum atomic E-state index is -2.06. The molecule has 0 saturated heterocycles. The highest BCUT2D eigenvalue weighted by Gasteiger charge is 2.40. The second-order valence-corrected chi connectivity index (χ2v) is 40.3. The smallest absolute Gasteiger partial charge is 0.305 e. The summed E-state index contributed by atoms with van der Waals surface area (Å²) in [7, 11) is 0. The molecule has 0 aliphatic heterocycles. The lowest BCUT2D eigenvalue weighted by atomic mass is 10.0. The molecule has 1 aromatic carbocycles. The van der Waals surface area contributed by atoms with Crippen LogP contribution in [0.2, 0.25) is 0 Å². The van der Waals surface area contributed by atoms with Gasteiger partial charge in [0, 0.05) is 32.4 Å². The Hall–Kier alpha value is -12.0. The van der Waals surface area contributed by atoms with Gasteiger partial charge in [-0.25, -0.2) is 0 Å². The highest BCUT2D eigenvalue weighted by molar-refractivity contribution is 7.98. The maximum absolute atomic E-state index is 14.9. The van der Waals surface area contributed by atoms with Crippen LogP contribution in [0.3, 0.4) is 0 Å². The van der Waals surface area contributed by atoms with E-state index in [2.05, 4.69) is 103 Å². The van der Waals surface area contributed by atoms with Crippen LogP contribution >= 0.6 is 23.5 Å². The van der Waals surface area contributed by atoms with Crippen LogP contribution in [0.1, 0.15) is 272 Å². The van der Waals surface area contributed by atoms with Crippen LogP contribution in [0.15, 0.2) is 24.3 Å². The maximum Gasteiger partial charge on any atom is 0.305 e. The van der Waals surface area contributed by atoms with Gasteiger partial charge in [-0.3, -0.25) is 102 Å². The van der Waals surface area contributed by atoms with Crippen molar-refractivity contribution in [3.05, 3.63) is 29.8 Å². The van der Waals surface area contributed by atoms with Gasteiger partial charge in [0.25, 0.3) is 0 Å². The van der Waals surface area contributed by atoms with Gasteiger partial charge in [-0.2, -0.15) is 23.5 Å². The molecule has 16 atom stereocenters. The molecule has 150 heavy (non-hydrogen) atoms. The first kappa shape index (κ1) is 136. The van der Waals surface area contributed by atoms with E-state index in [0.717, 1.165) is 32.6 Å². The molecule has 1 rings (SSSR count). The fourth-order valence-electron chi connectivity index (χ4n) is 15.7. The predicted octanol–water partition coefficient (Wildman–Crippen LogP) is -3.07. The summed E-state index contributed by atoms with van der Waals surface area (Å²) in [5.74, 6) is -19.9. The van der Waals surface area contributed by atoms with Crippen molar-refractivity contribution < 1.29 is 112 Å². The van der Waals surface area contributed by atoms with Gasteiger partial charge in [-0.15, -0.1) is 0 Å². The number of guanidine groups is 2. The van der Waals surface area contributed by atoms with E-state index < -0.39 is 247 Å². The zero-order valence-electron chi connectivity index (χ0n) is 88.7. The minimum Gasteiger partial charge on any atom is -0.508 e. The van der Waals surface area contributed by atoms with Gasteiger partial charge < -0.3 is 156 Å². The summed E-state index contributed by atoms with van der Waals surface area (Å²) in [6.45, 7) is 10.0. The Morgan fingerprint density at radius 1 is 0.347 bits per heavy atom. The van der Waals surface area contributed by atoms with E-state index in [1.165, 1.54) is 106 Å². The van der Waals surface area contributed by atoms with Gasteiger partial charge >= 0.3 is 5.97 Å². The Balaban J connectivity index is 3.70. The number of aliphatic hydroxyl groups excluding tert-OH is 2. The molecule has 52 heteroatoms. The number of nitrogens with two attached hydrogens (primary N) is 7. The summed E-state index contributed by atoms with van der Waals surface area (Å²) >= 11 is 2.63. The molecule has 1 aromatic rings. The van der Waals surface area contributed by atoms with Crippen LogP contribution in [0.5, 0.6) is 5.75 Å². The number of unbranched alkanes of at least 4 members (excludes halogenated alkanes) is 15. The topological polar surface area (TPSA) is 852 Å². The molecule has 0 fully saturated rings. The molecule has 50 nitrogen and oxygen atoms in total. The van der Waals surface area contributed by atoms with Crippen LogP contribution in [-0.4, -0.2) is 311 Å². The zero-order valence-corrected chi connectivity index (χ0v) is 90.4. The number of primary amides is 2. The van der Waals surface area contributed by atoms with Crippen LogP contribution in [0.25, 0.3) is 0 Å². The lowest BCUT2D eigenvalue weighted by molar-refractivity contribution is -0.142. The summed E-state index contributed by atoms with van der Waals surface area (Å²) in [5.41, 5.74) is 40.1. The van der Waals surface area contributed by atoms with E-state index in [4.69, 9.17) is 51.0 Å². The van der Waals surface area contributed by atoms with Crippen molar-refractivity contribution in [2.24, 2.45) is 52.0 Å². The van der Waals surface area contributed by atoms with Crippen molar-refractivity contribution in [2.45, 2.75) is 370 Å². The number of phenols is 1. The first-order valence-electron chi connectivity index (χ1n) is 52.1. The highest BCUT2D eigenvalue weighted by atomic mass is 32.2. The standard InChI is InChI=1S/C98H175N27O23S2/c1-10-11-12-13-14-15-16-17-18-19-20-21-22-36-78(130)112-70(43-50-149-8)84(136)110-56-79(131)113-74(54-62-37-39-63(128)40-38-62)93(145)119-69(41-42-77(102)129)90(142)116-65(32-24-27-46-100)86(138)115-66(33-25-28-47-101)88(140)122-73(53-59(4)5)92(144)118-68(35-30-49-109-98(106)107)89(141)124-76(57-126)95(147)120-71(44-51-150-9)91(143)125-81(61(7)127)96(148)123-75(55-80(132)133)94(146)117-64(31-23-26-45-99)85(137)111-60(6)83(135)114-67(34-29-48-108-97(104)105)87(139)121-72(82(103)134)52-58(2)3/h37-40,58-61,64-76,81,126-128H,10-36,41-57,99-101H2,1-9H3,(H2,102,129)(H2,103,134)(H,110,136)(H,111,137)(H,112,130)(H,113,131)(H,114,135)(H,115,138)(H,116,142)(H,117,146)(H,118,144)(H,119,145)(H,120,147)(H,121,139)(H,122,140)(H,123,148)(H,124,141)(H,125,143)(H,132,133)(H4,104,105,108)(H4,106,107,109)/t60-,61+,64-,65+,66-,67-,68-,69-,70-,71-,72-,73-,74-,75-,76-,81-/m0/s1. The van der Waals surface area contributed by atoms with Crippen LogP contribution in [-0.2, 0) is 97.5 Å². The van der Waals surface area contributed by atoms with Gasteiger partial charge in [-0.05, 0) is 209 Å². The number of amides is 18. The Morgan fingerprint density at radius 3 is 1.09 bits per heavy atom. The first-order chi connectivity index (χ1) is 71.2. The normalized spacial score (nSPS) is 14.4. The number of carbonyl (C=O) groups excluding carboxylic acids is 18. The number of aromatic hydroxyl groups is 1. The summed E-state index contributed by atoms with van der Waals surface area (Å²) in [6, 6.07) is -18.0. The number of aliphatic carboxylic acids is 1. The number of phenolic OH excluding ortho intramolecular Hbond substituents is 1. The number of carbonyl (C=O) groups is 19. The van der Waals surface area contributed by atoms with E-state index in [-0.39, 0.29) is 165 Å². The van der Waals surface area contributed by atoms with Gasteiger partial charge in [0.2, 0.25) is 106 Å². The molecule has 0 spiro atoms. The van der Waals surface area contributed by atoms with Crippen LogP contribution in [0.4, 0.5) is 0 Å². The third kappa shape index (κ3) is 60.7. The molecule has 38 N–H and O–H groups in total. The fourth-order valence-corrected chi connectivity index (χ4v) is 16.6. The monoisotopic (exact) mass is 2160 g/mol. The number of hydrogen-bond donors (Lipinski definition) is 31.